The Morgan fingerprint density at radius 1 is 1.21 bits per heavy atom. The van der Waals surface area contributed by atoms with Gasteiger partial charge in [-0.25, -0.2) is 0 Å². The van der Waals surface area contributed by atoms with Gasteiger partial charge < -0.3 is 14.8 Å². The molecule has 0 unspecified atom stereocenters. The summed E-state index contributed by atoms with van der Waals surface area (Å²) in [4.78, 5) is 5.04. The predicted molar refractivity (Wildman–Crippen MR) is 76.6 cm³/mol. The predicted octanol–water partition coefficient (Wildman–Crippen LogP) is 1.06. The summed E-state index contributed by atoms with van der Waals surface area (Å²) in [5.74, 6) is 1.34. The molecule has 0 aliphatic carbocycles. The number of pyridine rings is 1. The molecule has 0 radical (unpaired) electrons. The average molecular weight is 275 g/mol. The van der Waals surface area contributed by atoms with Gasteiger partial charge in [-0.2, -0.15) is 0 Å². The summed E-state index contributed by atoms with van der Waals surface area (Å²) in [5, 5.41) is 18.7. The van der Waals surface area contributed by atoms with Crippen LogP contribution < -0.4 is 10.2 Å². The number of hydrogen-bond donors (Lipinski definition) is 2. The number of rotatable bonds is 5. The van der Waals surface area contributed by atoms with E-state index in [9.17, 15) is 10.0 Å². The summed E-state index contributed by atoms with van der Waals surface area (Å²) >= 11 is 1.61. The van der Waals surface area contributed by atoms with Gasteiger partial charge in [-0.05, 0) is 35.3 Å². The number of benzene rings is 1. The molecule has 6 heteroatoms. The summed E-state index contributed by atoms with van der Waals surface area (Å²) in [6.07, 6.45) is 3.46. The molecule has 4 nitrogen and oxygen atoms in total. The summed E-state index contributed by atoms with van der Waals surface area (Å²) in [5.41, 5.74) is 1.35. The molecule has 2 aromatic rings. The molecular weight excluding hydrogens is 261 g/mol. The van der Waals surface area contributed by atoms with Gasteiger partial charge in [-0.3, -0.25) is 4.98 Å². The normalized spacial score (nSPS) is 10.3. The molecule has 0 spiro atoms. The lowest BCUT2D eigenvalue weighted by molar-refractivity contribution is 0.413. The largest absolute Gasteiger partial charge is 0.497 e. The van der Waals surface area contributed by atoms with Crippen LogP contribution in [0.3, 0.4) is 0 Å². The van der Waals surface area contributed by atoms with Crippen molar-refractivity contribution in [1.82, 2.24) is 4.98 Å². The van der Waals surface area contributed by atoms with Gasteiger partial charge in [0, 0.05) is 23.0 Å². The molecule has 0 fully saturated rings. The smallest absolute Gasteiger partial charge is 0.488 e. The van der Waals surface area contributed by atoms with Crippen molar-refractivity contribution < 1.29 is 14.8 Å². The van der Waals surface area contributed by atoms with Crippen LogP contribution in [0.4, 0.5) is 0 Å². The van der Waals surface area contributed by atoms with E-state index in [1.54, 1.807) is 43.4 Å². The molecule has 0 aliphatic rings. The summed E-state index contributed by atoms with van der Waals surface area (Å²) in [6.45, 7) is 0. The first-order valence-electron chi connectivity index (χ1n) is 5.76. The van der Waals surface area contributed by atoms with E-state index < -0.39 is 7.12 Å². The van der Waals surface area contributed by atoms with E-state index in [0.29, 0.717) is 17.0 Å². The zero-order valence-electron chi connectivity index (χ0n) is 10.5. The van der Waals surface area contributed by atoms with Crippen LogP contribution >= 0.6 is 11.8 Å². The molecule has 0 amide bonds. The zero-order chi connectivity index (χ0) is 13.7. The van der Waals surface area contributed by atoms with Crippen molar-refractivity contribution in [3.63, 3.8) is 0 Å². The lowest BCUT2D eigenvalue weighted by Gasteiger charge is -2.10. The molecule has 0 bridgehead atoms. The van der Waals surface area contributed by atoms with E-state index in [1.807, 2.05) is 18.2 Å². The van der Waals surface area contributed by atoms with Crippen molar-refractivity contribution in [3.05, 3.63) is 48.3 Å². The van der Waals surface area contributed by atoms with Gasteiger partial charge >= 0.3 is 7.12 Å². The Bertz CT molecular complexity index is 537. The fraction of sp³-hybridized carbons (Fsp3) is 0.154. The van der Waals surface area contributed by atoms with Gasteiger partial charge in [0.25, 0.3) is 0 Å². The van der Waals surface area contributed by atoms with E-state index in [0.717, 1.165) is 10.5 Å². The molecule has 0 saturated heterocycles. The molecule has 0 aliphatic heterocycles. The number of thioether (sulfide) groups is 1. The third kappa shape index (κ3) is 3.73. The minimum Gasteiger partial charge on any atom is -0.497 e. The highest BCUT2D eigenvalue weighted by Crippen LogP contribution is 2.23. The van der Waals surface area contributed by atoms with Crippen molar-refractivity contribution in [2.45, 2.75) is 10.6 Å². The number of aromatic nitrogens is 1. The number of ether oxygens (including phenoxy) is 1. The van der Waals surface area contributed by atoms with Gasteiger partial charge in [0.15, 0.2) is 0 Å². The Morgan fingerprint density at radius 2 is 1.95 bits per heavy atom. The summed E-state index contributed by atoms with van der Waals surface area (Å²) in [6, 6.07) is 9.05. The Morgan fingerprint density at radius 3 is 2.58 bits per heavy atom. The second kappa shape index (κ2) is 6.61. The van der Waals surface area contributed by atoms with Crippen LogP contribution in [0.25, 0.3) is 0 Å². The van der Waals surface area contributed by atoms with E-state index in [1.165, 1.54) is 0 Å². The fourth-order valence-corrected chi connectivity index (χ4v) is 2.57. The molecule has 2 rings (SSSR count). The second-order valence-electron chi connectivity index (χ2n) is 3.91. The number of hydrogen-bond acceptors (Lipinski definition) is 5. The van der Waals surface area contributed by atoms with Crippen molar-refractivity contribution >= 4 is 24.3 Å². The van der Waals surface area contributed by atoms with Crippen LogP contribution in [-0.2, 0) is 5.75 Å². The highest BCUT2D eigenvalue weighted by atomic mass is 32.2. The molecule has 0 atom stereocenters. The first-order chi connectivity index (χ1) is 9.20. The number of nitrogens with zero attached hydrogens (tertiary/aromatic N) is 1. The molecule has 1 aromatic carbocycles. The van der Waals surface area contributed by atoms with Crippen molar-refractivity contribution in [3.8, 4) is 5.75 Å². The molecule has 98 valence electrons. The quantitative estimate of drug-likeness (QED) is 0.631. The topological polar surface area (TPSA) is 62.6 Å². The Labute approximate surface area is 116 Å². The van der Waals surface area contributed by atoms with Crippen molar-refractivity contribution in [1.29, 1.82) is 0 Å². The SMILES string of the molecule is COc1ccc(B(O)O)c(CSc2ccncc2)c1. The minimum atomic E-state index is -1.47. The highest BCUT2D eigenvalue weighted by Gasteiger charge is 2.16. The van der Waals surface area contributed by atoms with Crippen LogP contribution in [0.2, 0.25) is 0 Å². The van der Waals surface area contributed by atoms with Gasteiger partial charge in [-0.1, -0.05) is 6.07 Å². The van der Waals surface area contributed by atoms with Gasteiger partial charge in [0.2, 0.25) is 0 Å². The third-order valence-corrected chi connectivity index (χ3v) is 3.73. The van der Waals surface area contributed by atoms with E-state index in [4.69, 9.17) is 4.74 Å². The maximum absolute atomic E-state index is 9.36. The standard InChI is InChI=1S/C13H14BNO3S/c1-18-11-2-3-13(14(16)17)10(8-11)9-19-12-4-6-15-7-5-12/h2-8,16-17H,9H2,1H3. The van der Waals surface area contributed by atoms with Crippen LogP contribution in [0.15, 0.2) is 47.6 Å². The van der Waals surface area contributed by atoms with Crippen molar-refractivity contribution in [2.75, 3.05) is 7.11 Å². The maximum Gasteiger partial charge on any atom is 0.488 e. The van der Waals surface area contributed by atoms with E-state index in [-0.39, 0.29) is 0 Å². The Kier molecular flexibility index (Phi) is 4.84. The molecule has 0 saturated carbocycles. The van der Waals surface area contributed by atoms with Crippen LogP contribution in [0.5, 0.6) is 5.75 Å². The van der Waals surface area contributed by atoms with Gasteiger partial charge in [0.05, 0.1) is 7.11 Å². The molecular formula is C13H14BNO3S. The third-order valence-electron chi connectivity index (χ3n) is 2.67. The summed E-state index contributed by atoms with van der Waals surface area (Å²) in [7, 11) is 0.114. The monoisotopic (exact) mass is 275 g/mol. The molecule has 1 aromatic heterocycles. The highest BCUT2D eigenvalue weighted by molar-refractivity contribution is 7.98. The lowest BCUT2D eigenvalue weighted by atomic mass is 9.77. The second-order valence-corrected chi connectivity index (χ2v) is 4.96. The van der Waals surface area contributed by atoms with Crippen LogP contribution in [0.1, 0.15) is 5.56 Å². The fourth-order valence-electron chi connectivity index (χ4n) is 1.68. The average Bonchev–Trinajstić information content (AvgIpc) is 2.45. The van der Waals surface area contributed by atoms with Crippen LogP contribution in [0, 0.1) is 0 Å². The Balaban J connectivity index is 2.18. The molecule has 19 heavy (non-hydrogen) atoms. The molecule has 1 heterocycles. The molecule has 2 N–H and O–H groups in total. The van der Waals surface area contributed by atoms with E-state index in [2.05, 4.69) is 4.98 Å². The van der Waals surface area contributed by atoms with Crippen LogP contribution in [-0.4, -0.2) is 29.3 Å². The van der Waals surface area contributed by atoms with Gasteiger partial charge in [-0.15, -0.1) is 11.8 Å². The minimum absolute atomic E-state index is 0.502. The Hall–Kier alpha value is -1.50. The lowest BCUT2D eigenvalue weighted by Crippen LogP contribution is -2.32. The first-order valence-corrected chi connectivity index (χ1v) is 6.75. The first kappa shape index (κ1) is 13.9. The maximum atomic E-state index is 9.36. The van der Waals surface area contributed by atoms with Gasteiger partial charge in [0.1, 0.15) is 5.75 Å². The van der Waals surface area contributed by atoms with Crippen molar-refractivity contribution in [2.24, 2.45) is 0 Å². The van der Waals surface area contributed by atoms with E-state index >= 15 is 0 Å². The summed E-state index contributed by atoms with van der Waals surface area (Å²) < 4.78 is 5.16. The zero-order valence-corrected chi connectivity index (χ0v) is 11.3. The number of methoxy groups -OCH3 is 1.